The van der Waals surface area contributed by atoms with E-state index in [1.165, 1.54) is 30.6 Å². The average molecular weight is 663 g/mol. The number of pyridine rings is 1. The van der Waals surface area contributed by atoms with Crippen molar-refractivity contribution in [2.75, 3.05) is 57.9 Å². The number of thiophene rings is 1. The number of benzene rings is 1. The Morgan fingerprint density at radius 2 is 1.94 bits per heavy atom. The fourth-order valence-corrected chi connectivity index (χ4v) is 8.16. The predicted molar refractivity (Wildman–Crippen MR) is 175 cm³/mol. The van der Waals surface area contributed by atoms with Crippen LogP contribution in [-0.2, 0) is 20.9 Å². The highest BCUT2D eigenvalue weighted by atomic mass is 32.1. The van der Waals surface area contributed by atoms with Crippen LogP contribution in [0.25, 0.3) is 32.6 Å². The molecule has 3 aliphatic heterocycles. The Morgan fingerprint density at radius 1 is 1.13 bits per heavy atom. The number of carbonyl (C=O) groups excluding carboxylic acids is 2. The minimum absolute atomic E-state index is 0.00400. The normalized spacial score (nSPS) is 18.5. The molecule has 246 valence electrons. The van der Waals surface area contributed by atoms with Crippen LogP contribution < -0.4 is 9.64 Å². The minimum atomic E-state index is -0.777. The molecule has 6 heterocycles. The summed E-state index contributed by atoms with van der Waals surface area (Å²) >= 11 is 1.45. The monoisotopic (exact) mass is 662 g/mol. The Balaban J connectivity index is 1.39. The first-order valence-electron chi connectivity index (χ1n) is 15.7. The molecule has 4 aromatic rings. The van der Waals surface area contributed by atoms with Crippen molar-refractivity contribution in [3.05, 3.63) is 59.6 Å². The number of hydrogen-bond acceptors (Lipinski definition) is 8. The van der Waals surface area contributed by atoms with Gasteiger partial charge in [0.2, 0.25) is 11.8 Å². The molecule has 1 atom stereocenters. The van der Waals surface area contributed by atoms with Gasteiger partial charge in [-0.2, -0.15) is 5.10 Å². The first kappa shape index (κ1) is 31.3. The third kappa shape index (κ3) is 5.35. The second-order valence-electron chi connectivity index (χ2n) is 12.6. The molecule has 1 unspecified atom stereocenters. The summed E-state index contributed by atoms with van der Waals surface area (Å²) in [5, 5.41) is 7.73. The summed E-state index contributed by atoms with van der Waals surface area (Å²) in [6, 6.07) is 5.64. The van der Waals surface area contributed by atoms with Crippen molar-refractivity contribution < 1.29 is 27.8 Å². The molecule has 3 aliphatic rings. The molecule has 2 saturated heterocycles. The Kier molecular flexibility index (Phi) is 7.99. The Labute approximate surface area is 275 Å². The van der Waals surface area contributed by atoms with Crippen LogP contribution in [0.5, 0.6) is 5.75 Å². The molecule has 3 aromatic heterocycles. The van der Waals surface area contributed by atoms with Crippen molar-refractivity contribution in [1.29, 1.82) is 0 Å². The number of ether oxygens (including phenoxy) is 2. The first-order chi connectivity index (χ1) is 22.6. The lowest BCUT2D eigenvalue weighted by Gasteiger charge is -2.49. The molecule has 7 rings (SSSR count). The zero-order valence-corrected chi connectivity index (χ0v) is 27.4. The van der Waals surface area contributed by atoms with Gasteiger partial charge in [-0.25, -0.2) is 13.8 Å². The van der Waals surface area contributed by atoms with E-state index in [2.05, 4.69) is 11.5 Å². The number of likely N-dealkylation sites (tertiary alicyclic amines) is 1. The average Bonchev–Trinajstić information content (AvgIpc) is 3.79. The topological polar surface area (TPSA) is 93.0 Å². The SMILES string of the molecule is C=CC(=O)N1CCn2nc(-c3nc(N4CC5(CCN(C(C)=O)C5)C4)c4ccsc4c3-c3c(F)cc(F)cc3OCCOC)cc2C1C. The zero-order chi connectivity index (χ0) is 33.0. The Morgan fingerprint density at radius 3 is 2.66 bits per heavy atom. The number of halogens is 2. The molecule has 0 N–H and O–H groups in total. The maximum atomic E-state index is 16.0. The number of nitrogens with zero attached hydrogens (tertiary/aromatic N) is 6. The van der Waals surface area contributed by atoms with Gasteiger partial charge in [-0.15, -0.1) is 11.3 Å². The largest absolute Gasteiger partial charge is 0.490 e. The van der Waals surface area contributed by atoms with Crippen LogP contribution in [0.3, 0.4) is 0 Å². The number of methoxy groups -OCH3 is 1. The summed E-state index contributed by atoms with van der Waals surface area (Å²) in [4.78, 5) is 35.8. The van der Waals surface area contributed by atoms with Crippen molar-refractivity contribution in [2.24, 2.45) is 5.41 Å². The molecule has 10 nitrogen and oxygen atoms in total. The van der Waals surface area contributed by atoms with E-state index in [1.54, 1.807) is 11.8 Å². The highest BCUT2D eigenvalue weighted by molar-refractivity contribution is 7.18. The van der Waals surface area contributed by atoms with Crippen LogP contribution in [-0.4, -0.2) is 89.4 Å². The van der Waals surface area contributed by atoms with E-state index in [9.17, 15) is 14.0 Å². The van der Waals surface area contributed by atoms with Crippen molar-refractivity contribution in [1.82, 2.24) is 24.6 Å². The van der Waals surface area contributed by atoms with Crippen molar-refractivity contribution in [2.45, 2.75) is 32.9 Å². The smallest absolute Gasteiger partial charge is 0.246 e. The quantitative estimate of drug-likeness (QED) is 0.187. The molecule has 1 aromatic carbocycles. The van der Waals surface area contributed by atoms with Gasteiger partial charge < -0.3 is 24.2 Å². The van der Waals surface area contributed by atoms with E-state index < -0.39 is 11.6 Å². The number of carbonyl (C=O) groups is 2. The number of hydrogen-bond donors (Lipinski definition) is 0. The molecule has 2 amide bonds. The lowest BCUT2D eigenvalue weighted by atomic mass is 9.79. The van der Waals surface area contributed by atoms with E-state index in [0.29, 0.717) is 36.6 Å². The standard InChI is InChI=1S/C34H36F2N6O4S/c1-5-28(44)41-9-10-42-26(20(41)2)16-25(38-42)31-30(29-24(36)14-22(35)15-27(29)46-12-11-45-4)32-23(6-13-47-32)33(37-31)40-18-34(19-40)7-8-39(17-34)21(3)43/h5-6,13-16,20H,1,7-12,17-19H2,2-4H3. The number of amides is 2. The van der Waals surface area contributed by atoms with Crippen molar-refractivity contribution in [3.63, 3.8) is 0 Å². The van der Waals surface area contributed by atoms with Crippen LogP contribution >= 0.6 is 11.3 Å². The number of aromatic nitrogens is 3. The lowest BCUT2D eigenvalue weighted by molar-refractivity contribution is -0.129. The Hall–Kier alpha value is -4.36. The first-order valence-corrected chi connectivity index (χ1v) is 16.5. The van der Waals surface area contributed by atoms with E-state index in [1.807, 2.05) is 34.0 Å². The third-order valence-electron chi connectivity index (χ3n) is 9.60. The van der Waals surface area contributed by atoms with Crippen LogP contribution in [0, 0.1) is 17.0 Å². The van der Waals surface area contributed by atoms with Crippen LogP contribution in [0.2, 0.25) is 0 Å². The summed E-state index contributed by atoms with van der Waals surface area (Å²) < 4.78 is 44.4. The summed E-state index contributed by atoms with van der Waals surface area (Å²) in [6.45, 7) is 11.4. The predicted octanol–water partition coefficient (Wildman–Crippen LogP) is 5.28. The summed E-state index contributed by atoms with van der Waals surface area (Å²) in [5.41, 5.74) is 2.33. The van der Waals surface area contributed by atoms with Crippen LogP contribution in [0.4, 0.5) is 14.6 Å². The van der Waals surface area contributed by atoms with E-state index >= 15 is 4.39 Å². The maximum Gasteiger partial charge on any atom is 0.246 e. The van der Waals surface area contributed by atoms with E-state index in [4.69, 9.17) is 19.6 Å². The molecular formula is C34H36F2N6O4S. The zero-order valence-electron chi connectivity index (χ0n) is 26.6. The second-order valence-corrected chi connectivity index (χ2v) is 13.5. The third-order valence-corrected chi connectivity index (χ3v) is 10.5. The number of fused-ring (bicyclic) bond motifs is 2. The molecule has 0 saturated carbocycles. The van der Waals surface area contributed by atoms with Gasteiger partial charge in [0, 0.05) is 80.0 Å². The van der Waals surface area contributed by atoms with Gasteiger partial charge in [-0.1, -0.05) is 6.58 Å². The minimum Gasteiger partial charge on any atom is -0.490 e. The lowest BCUT2D eigenvalue weighted by Crippen LogP contribution is -2.58. The Bertz CT molecular complexity index is 1900. The van der Waals surface area contributed by atoms with Gasteiger partial charge in [0.05, 0.1) is 30.5 Å². The molecule has 1 spiro atoms. The second kappa shape index (κ2) is 12.0. The van der Waals surface area contributed by atoms with Crippen molar-refractivity contribution in [3.8, 4) is 28.3 Å². The highest BCUT2D eigenvalue weighted by Crippen LogP contribution is 2.50. The van der Waals surface area contributed by atoms with Gasteiger partial charge in [-0.05, 0) is 36.9 Å². The van der Waals surface area contributed by atoms with Gasteiger partial charge in [0.15, 0.2) is 0 Å². The molecule has 0 aliphatic carbocycles. The van der Waals surface area contributed by atoms with Crippen LogP contribution in [0.15, 0.2) is 42.3 Å². The molecule has 13 heteroatoms. The highest BCUT2D eigenvalue weighted by Gasteiger charge is 2.49. The molecule has 0 bridgehead atoms. The molecule has 2 fully saturated rings. The number of anilines is 1. The van der Waals surface area contributed by atoms with Crippen molar-refractivity contribution >= 4 is 39.1 Å². The van der Waals surface area contributed by atoms with Gasteiger partial charge in [-0.3, -0.25) is 14.3 Å². The van der Waals surface area contributed by atoms with Crippen LogP contribution in [0.1, 0.15) is 32.0 Å². The summed E-state index contributed by atoms with van der Waals surface area (Å²) in [5.74, 6) is -0.821. The maximum absolute atomic E-state index is 16.0. The van der Waals surface area contributed by atoms with E-state index in [-0.39, 0.29) is 47.8 Å². The fraction of sp³-hybridized carbons (Fsp3) is 0.412. The molecular weight excluding hydrogens is 626 g/mol. The molecule has 0 radical (unpaired) electrons. The number of rotatable bonds is 8. The van der Waals surface area contributed by atoms with E-state index in [0.717, 1.165) is 53.7 Å². The molecule has 47 heavy (non-hydrogen) atoms. The van der Waals surface area contributed by atoms with Gasteiger partial charge >= 0.3 is 0 Å². The van der Waals surface area contributed by atoms with Gasteiger partial charge in [0.1, 0.15) is 41.2 Å². The fourth-order valence-electron chi connectivity index (χ4n) is 7.22. The van der Waals surface area contributed by atoms with Gasteiger partial charge in [0.25, 0.3) is 0 Å². The summed E-state index contributed by atoms with van der Waals surface area (Å²) in [6.07, 6.45) is 2.23. The summed E-state index contributed by atoms with van der Waals surface area (Å²) in [7, 11) is 1.53.